The van der Waals surface area contributed by atoms with E-state index in [0.29, 0.717) is 18.6 Å². The van der Waals surface area contributed by atoms with E-state index in [1.807, 2.05) is 13.8 Å². The van der Waals surface area contributed by atoms with E-state index in [1.165, 1.54) is 24.3 Å². The average molecular weight is 683 g/mol. The Morgan fingerprint density at radius 1 is 0.511 bits per heavy atom. The first kappa shape index (κ1) is 43.3. The molecule has 0 aliphatic heterocycles. The number of aliphatic hydroxyl groups is 4. The van der Waals surface area contributed by atoms with Crippen LogP contribution in [-0.2, 0) is 43.8 Å². The van der Waals surface area contributed by atoms with Crippen molar-refractivity contribution >= 4 is 0 Å². The lowest BCUT2D eigenvalue weighted by molar-refractivity contribution is -0.663. The minimum Gasteiger partial charge on any atom is -0.508 e. The van der Waals surface area contributed by atoms with Gasteiger partial charge in [-0.3, -0.25) is 9.47 Å². The van der Waals surface area contributed by atoms with Crippen LogP contribution >= 0.6 is 0 Å². The fourth-order valence-electron chi connectivity index (χ4n) is 4.55. The third-order valence-corrected chi connectivity index (χ3v) is 8.76. The summed E-state index contributed by atoms with van der Waals surface area (Å²) in [4.78, 5) is 31.8. The molecule has 0 atom stereocenters. The van der Waals surface area contributed by atoms with Gasteiger partial charge in [0.05, 0.1) is 0 Å². The summed E-state index contributed by atoms with van der Waals surface area (Å²) in [5.41, 5.74) is -3.59. The fraction of sp³-hybridized carbons (Fsp3) is 0.812. The van der Waals surface area contributed by atoms with Crippen molar-refractivity contribution < 1.29 is 74.1 Å². The molecule has 0 radical (unpaired) electrons. The Bertz CT molecular complexity index is 1010. The molecule has 0 bridgehead atoms. The predicted octanol–water partition coefficient (Wildman–Crippen LogP) is 5.72. The van der Waals surface area contributed by atoms with Gasteiger partial charge >= 0.3 is 12.3 Å². The Morgan fingerprint density at radius 3 is 1.38 bits per heavy atom. The van der Waals surface area contributed by atoms with Crippen LogP contribution in [0.2, 0.25) is 0 Å². The molecule has 15 heteroatoms. The van der Waals surface area contributed by atoms with Crippen LogP contribution in [0.5, 0.6) is 11.5 Å². The molecule has 0 aromatic heterocycles. The quantitative estimate of drug-likeness (QED) is 0.0477. The van der Waals surface area contributed by atoms with Gasteiger partial charge in [-0.05, 0) is 70.7 Å². The second-order valence-electron chi connectivity index (χ2n) is 12.1. The van der Waals surface area contributed by atoms with Gasteiger partial charge < -0.3 is 30.3 Å². The van der Waals surface area contributed by atoms with Crippen LogP contribution in [0.1, 0.15) is 128 Å². The molecular weight excluding hydrogens is 624 g/mol. The molecule has 15 nitrogen and oxygen atoms in total. The maximum absolute atomic E-state index is 10.7. The Hall–Kier alpha value is -1.70. The molecular formula is C32H58O15. The topological polar surface area (TPSA) is 193 Å². The van der Waals surface area contributed by atoms with Gasteiger partial charge in [-0.15, -0.1) is 9.78 Å². The first-order valence-corrected chi connectivity index (χ1v) is 16.3. The van der Waals surface area contributed by atoms with Gasteiger partial charge in [0.1, 0.15) is 28.3 Å². The van der Waals surface area contributed by atoms with Crippen LogP contribution in [0.25, 0.3) is 0 Å². The Kier molecular flexibility index (Phi) is 16.4. The lowest BCUT2D eigenvalue weighted by Gasteiger charge is -2.44. The molecule has 0 spiro atoms. The van der Waals surface area contributed by atoms with Crippen molar-refractivity contribution in [1.29, 1.82) is 0 Å². The van der Waals surface area contributed by atoms with Gasteiger partial charge in [0.2, 0.25) is 11.6 Å². The molecule has 276 valence electrons. The van der Waals surface area contributed by atoms with E-state index in [-0.39, 0.29) is 44.3 Å². The van der Waals surface area contributed by atoms with Gasteiger partial charge in [-0.25, -0.2) is 9.78 Å². The number of phenols is 1. The van der Waals surface area contributed by atoms with E-state index in [9.17, 15) is 25.5 Å². The average Bonchev–Trinajstić information content (AvgIpc) is 3.04. The number of benzene rings is 1. The van der Waals surface area contributed by atoms with Crippen molar-refractivity contribution in [2.45, 2.75) is 168 Å². The maximum atomic E-state index is 10.7. The third-order valence-electron chi connectivity index (χ3n) is 8.76. The second kappa shape index (κ2) is 17.8. The molecule has 0 aliphatic rings. The van der Waals surface area contributed by atoms with Crippen LogP contribution in [0.4, 0.5) is 0 Å². The number of hydrogen-bond acceptors (Lipinski definition) is 15. The maximum Gasteiger partial charge on any atom is 0.437 e. The highest BCUT2D eigenvalue weighted by Crippen LogP contribution is 2.39. The van der Waals surface area contributed by atoms with Crippen LogP contribution < -0.4 is 4.74 Å². The van der Waals surface area contributed by atoms with E-state index in [4.69, 9.17) is 48.6 Å². The van der Waals surface area contributed by atoms with E-state index in [2.05, 4.69) is 0 Å². The standard InChI is InChI=1S/C32H58O15/c1-12-27(11,13-2)42-45-32(36,37)40-30(18-7,19-8)44-47-41-26(9,10)28(14-3,15-4)43-46-31(34,35)39-29(16-5,17-6)38-25-22-20-24(33)21-23-25/h20-23,33-37H,12-19H2,1-11H3. The zero-order valence-corrected chi connectivity index (χ0v) is 29.8. The molecule has 0 fully saturated rings. The van der Waals surface area contributed by atoms with Crippen LogP contribution in [0.15, 0.2) is 24.3 Å². The molecule has 0 saturated heterocycles. The van der Waals surface area contributed by atoms with E-state index in [0.717, 1.165) is 0 Å². The number of ether oxygens (including phenoxy) is 3. The SMILES string of the molecule is CCC(C)(CC)OOC(O)(O)OC(CC)(CC)OOOC(C)(C)C(CC)(CC)OOC(O)(O)OC(CC)(CC)Oc1ccc(O)cc1. The van der Waals surface area contributed by atoms with Crippen molar-refractivity contribution in [3.8, 4) is 11.5 Å². The number of phenolic OH excluding ortho intramolecular Hbond substituents is 1. The molecule has 0 amide bonds. The fourth-order valence-corrected chi connectivity index (χ4v) is 4.55. The minimum absolute atomic E-state index is 0.0324. The molecule has 0 aliphatic carbocycles. The van der Waals surface area contributed by atoms with Gasteiger partial charge in [-0.1, -0.05) is 60.4 Å². The Morgan fingerprint density at radius 2 is 0.957 bits per heavy atom. The molecule has 1 aromatic carbocycles. The van der Waals surface area contributed by atoms with E-state index >= 15 is 0 Å². The highest BCUT2D eigenvalue weighted by Gasteiger charge is 2.52. The Labute approximate surface area is 278 Å². The van der Waals surface area contributed by atoms with Gasteiger partial charge in [0, 0.05) is 25.7 Å². The molecule has 1 aromatic rings. The summed E-state index contributed by atoms with van der Waals surface area (Å²) in [7, 11) is 0. The normalized spacial score (nSPS) is 14.1. The molecule has 0 saturated carbocycles. The zero-order chi connectivity index (χ0) is 36.2. The molecule has 0 unspecified atom stereocenters. The first-order chi connectivity index (χ1) is 21.7. The zero-order valence-electron chi connectivity index (χ0n) is 29.8. The number of aromatic hydroxyl groups is 1. The van der Waals surface area contributed by atoms with Gasteiger partial charge in [0.25, 0.3) is 0 Å². The van der Waals surface area contributed by atoms with Gasteiger partial charge in [-0.2, -0.15) is 9.78 Å². The number of hydrogen-bond donors (Lipinski definition) is 5. The van der Waals surface area contributed by atoms with E-state index < -0.39 is 40.7 Å². The summed E-state index contributed by atoms with van der Waals surface area (Å²) in [5.74, 6) is -2.97. The van der Waals surface area contributed by atoms with Crippen molar-refractivity contribution in [2.24, 2.45) is 0 Å². The molecule has 0 heterocycles. The summed E-state index contributed by atoms with van der Waals surface area (Å²) in [6.07, 6.45) is -4.52. The van der Waals surface area contributed by atoms with Crippen LogP contribution in [-0.4, -0.2) is 66.2 Å². The summed E-state index contributed by atoms with van der Waals surface area (Å²) in [6, 6.07) is 5.83. The summed E-state index contributed by atoms with van der Waals surface area (Å²) in [5, 5.41) is 56.9. The largest absolute Gasteiger partial charge is 0.508 e. The first-order valence-electron chi connectivity index (χ1n) is 16.3. The lowest BCUT2D eigenvalue weighted by atomic mass is 9.81. The smallest absolute Gasteiger partial charge is 0.437 e. The Balaban J connectivity index is 3.03. The second-order valence-corrected chi connectivity index (χ2v) is 12.1. The molecule has 1 rings (SSSR count). The molecule has 5 N–H and O–H groups in total. The van der Waals surface area contributed by atoms with Crippen LogP contribution in [0.3, 0.4) is 0 Å². The van der Waals surface area contributed by atoms with E-state index in [1.54, 1.807) is 62.3 Å². The van der Waals surface area contributed by atoms with Crippen molar-refractivity contribution in [2.75, 3.05) is 0 Å². The van der Waals surface area contributed by atoms with Crippen LogP contribution in [0, 0.1) is 0 Å². The molecule has 47 heavy (non-hydrogen) atoms. The monoisotopic (exact) mass is 682 g/mol. The van der Waals surface area contributed by atoms with Crippen molar-refractivity contribution in [3.63, 3.8) is 0 Å². The van der Waals surface area contributed by atoms with Crippen molar-refractivity contribution in [3.05, 3.63) is 24.3 Å². The summed E-state index contributed by atoms with van der Waals surface area (Å²) in [6.45, 7) is 18.9. The third kappa shape index (κ3) is 12.3. The van der Waals surface area contributed by atoms with Crippen molar-refractivity contribution in [1.82, 2.24) is 0 Å². The highest BCUT2D eigenvalue weighted by molar-refractivity contribution is 5.30. The lowest BCUT2D eigenvalue weighted by Crippen LogP contribution is -2.56. The highest BCUT2D eigenvalue weighted by atomic mass is 17.5. The predicted molar refractivity (Wildman–Crippen MR) is 166 cm³/mol. The number of rotatable bonds is 25. The summed E-state index contributed by atoms with van der Waals surface area (Å²) < 4.78 is 16.8. The minimum atomic E-state index is -3.28. The summed E-state index contributed by atoms with van der Waals surface area (Å²) >= 11 is 0. The van der Waals surface area contributed by atoms with Gasteiger partial charge in [0.15, 0.2) is 0 Å².